The highest BCUT2D eigenvalue weighted by molar-refractivity contribution is 5.53. The van der Waals surface area contributed by atoms with Gasteiger partial charge in [-0.15, -0.1) is 0 Å². The molecule has 0 unspecified atom stereocenters. The summed E-state index contributed by atoms with van der Waals surface area (Å²) in [7, 11) is 0. The lowest BCUT2D eigenvalue weighted by molar-refractivity contribution is 0.694. The highest BCUT2D eigenvalue weighted by atomic mass is 15.1. The van der Waals surface area contributed by atoms with Gasteiger partial charge in [-0.05, 0) is 12.1 Å². The fourth-order valence-electron chi connectivity index (χ4n) is 1.91. The Hall–Kier alpha value is -2.43. The van der Waals surface area contributed by atoms with E-state index in [2.05, 4.69) is 24.5 Å². The Morgan fingerprint density at radius 3 is 2.94 bits per heavy atom. The van der Waals surface area contributed by atoms with E-state index in [1.165, 1.54) is 0 Å². The zero-order chi connectivity index (χ0) is 12.2. The Morgan fingerprint density at radius 1 is 1.17 bits per heavy atom. The third-order valence-corrected chi connectivity index (χ3v) is 2.81. The Labute approximate surface area is 105 Å². The Balaban J connectivity index is 1.80. The van der Waals surface area contributed by atoms with Crippen molar-refractivity contribution in [2.45, 2.75) is 13.0 Å². The summed E-state index contributed by atoms with van der Waals surface area (Å²) in [5.41, 5.74) is 2.16. The second kappa shape index (κ2) is 4.83. The molecule has 3 aromatic rings. The molecule has 18 heavy (non-hydrogen) atoms. The lowest BCUT2D eigenvalue weighted by atomic mass is 10.2. The molecular weight excluding hydrogens is 226 g/mol. The molecule has 0 saturated carbocycles. The molecule has 3 heterocycles. The van der Waals surface area contributed by atoms with Crippen LogP contribution in [0.3, 0.4) is 0 Å². The Kier molecular flexibility index (Phi) is 2.87. The van der Waals surface area contributed by atoms with E-state index in [0.29, 0.717) is 0 Å². The topological polar surface area (TPSA) is 59.4 Å². The van der Waals surface area contributed by atoms with Crippen molar-refractivity contribution in [3.05, 3.63) is 55.1 Å². The van der Waals surface area contributed by atoms with E-state index in [0.717, 1.165) is 30.0 Å². The molecule has 0 fully saturated rings. The number of aromatic nitrogens is 5. The number of hydrogen-bond donors (Lipinski definition) is 1. The molecule has 0 aliphatic rings. The summed E-state index contributed by atoms with van der Waals surface area (Å²) >= 11 is 0. The maximum absolute atomic E-state index is 4.38. The van der Waals surface area contributed by atoms with Gasteiger partial charge >= 0.3 is 0 Å². The van der Waals surface area contributed by atoms with Crippen molar-refractivity contribution in [2.75, 3.05) is 0 Å². The number of nitrogens with zero attached hydrogens (tertiary/aromatic N) is 4. The monoisotopic (exact) mass is 239 g/mol. The van der Waals surface area contributed by atoms with Gasteiger partial charge in [-0.25, -0.2) is 9.97 Å². The van der Waals surface area contributed by atoms with Crippen molar-refractivity contribution in [3.8, 4) is 11.4 Å². The van der Waals surface area contributed by atoms with Gasteiger partial charge in [0.25, 0.3) is 0 Å². The van der Waals surface area contributed by atoms with E-state index < -0.39 is 0 Å². The van der Waals surface area contributed by atoms with Crippen molar-refractivity contribution in [1.82, 2.24) is 24.5 Å². The van der Waals surface area contributed by atoms with Gasteiger partial charge in [-0.3, -0.25) is 4.98 Å². The van der Waals surface area contributed by atoms with Crippen LogP contribution >= 0.6 is 0 Å². The van der Waals surface area contributed by atoms with Crippen LogP contribution in [0.15, 0.2) is 49.4 Å². The molecular formula is C13H13N5. The standard InChI is InChI=1S/C13H13N5/c1-2-11(8-14-4-1)13-16-5-7-18(13)6-3-12-9-15-10-17-12/h1-2,4-5,7-10H,3,6H2,(H,15,17). The average Bonchev–Trinajstić information content (AvgIpc) is 3.09. The third kappa shape index (κ3) is 2.15. The number of H-pyrrole nitrogens is 1. The van der Waals surface area contributed by atoms with Gasteiger partial charge in [0.05, 0.1) is 6.33 Å². The first-order valence-electron chi connectivity index (χ1n) is 5.82. The minimum Gasteiger partial charge on any atom is -0.348 e. The summed E-state index contributed by atoms with van der Waals surface area (Å²) in [6.07, 6.45) is 11.8. The third-order valence-electron chi connectivity index (χ3n) is 2.81. The number of hydrogen-bond acceptors (Lipinski definition) is 3. The highest BCUT2D eigenvalue weighted by Gasteiger charge is 2.05. The molecule has 0 aliphatic carbocycles. The average molecular weight is 239 g/mol. The molecule has 0 spiro atoms. The molecule has 0 radical (unpaired) electrons. The van der Waals surface area contributed by atoms with Crippen LogP contribution in [0.25, 0.3) is 11.4 Å². The molecule has 90 valence electrons. The number of pyridine rings is 1. The van der Waals surface area contributed by atoms with Crippen molar-refractivity contribution in [2.24, 2.45) is 0 Å². The molecule has 0 aromatic carbocycles. The van der Waals surface area contributed by atoms with Gasteiger partial charge in [0.15, 0.2) is 0 Å². The fourth-order valence-corrected chi connectivity index (χ4v) is 1.91. The van der Waals surface area contributed by atoms with Gasteiger partial charge < -0.3 is 9.55 Å². The molecule has 5 heteroatoms. The summed E-state index contributed by atoms with van der Waals surface area (Å²) in [6, 6.07) is 3.94. The number of nitrogens with one attached hydrogen (secondary N) is 1. The predicted molar refractivity (Wildman–Crippen MR) is 67.7 cm³/mol. The molecule has 3 aromatic heterocycles. The molecule has 0 atom stereocenters. The van der Waals surface area contributed by atoms with Crippen molar-refractivity contribution in [1.29, 1.82) is 0 Å². The number of aromatic amines is 1. The van der Waals surface area contributed by atoms with Crippen LogP contribution in [0.5, 0.6) is 0 Å². The van der Waals surface area contributed by atoms with Crippen LogP contribution in [-0.4, -0.2) is 24.5 Å². The van der Waals surface area contributed by atoms with Crippen molar-refractivity contribution in [3.63, 3.8) is 0 Å². The van der Waals surface area contributed by atoms with Crippen LogP contribution in [0.2, 0.25) is 0 Å². The minimum absolute atomic E-state index is 0.867. The first kappa shape index (κ1) is 10.7. The molecule has 0 amide bonds. The van der Waals surface area contributed by atoms with Crippen LogP contribution < -0.4 is 0 Å². The van der Waals surface area contributed by atoms with Gasteiger partial charge in [-0.2, -0.15) is 0 Å². The van der Waals surface area contributed by atoms with Gasteiger partial charge in [-0.1, -0.05) is 0 Å². The predicted octanol–water partition coefficient (Wildman–Crippen LogP) is 1.91. The van der Waals surface area contributed by atoms with Crippen LogP contribution in [0.4, 0.5) is 0 Å². The van der Waals surface area contributed by atoms with E-state index in [1.54, 1.807) is 12.5 Å². The summed E-state index contributed by atoms with van der Waals surface area (Å²) in [5.74, 6) is 0.947. The van der Waals surface area contributed by atoms with Gasteiger partial charge in [0.2, 0.25) is 0 Å². The largest absolute Gasteiger partial charge is 0.348 e. The van der Waals surface area contributed by atoms with Crippen molar-refractivity contribution >= 4 is 0 Å². The Bertz CT molecular complexity index is 597. The van der Waals surface area contributed by atoms with Crippen LogP contribution in [0, 0.1) is 0 Å². The first-order chi connectivity index (χ1) is 8.93. The maximum Gasteiger partial charge on any atom is 0.141 e. The summed E-state index contributed by atoms with van der Waals surface area (Å²) in [6.45, 7) is 0.867. The zero-order valence-electron chi connectivity index (χ0n) is 9.82. The second-order valence-corrected chi connectivity index (χ2v) is 4.01. The number of rotatable bonds is 4. The second-order valence-electron chi connectivity index (χ2n) is 4.01. The molecule has 0 saturated heterocycles. The smallest absolute Gasteiger partial charge is 0.141 e. The lowest BCUT2D eigenvalue weighted by Gasteiger charge is -2.06. The lowest BCUT2D eigenvalue weighted by Crippen LogP contribution is -2.02. The van der Waals surface area contributed by atoms with E-state index in [9.17, 15) is 0 Å². The number of imidazole rings is 2. The molecule has 0 bridgehead atoms. The number of aryl methyl sites for hydroxylation is 2. The van der Waals surface area contributed by atoms with E-state index in [1.807, 2.05) is 36.9 Å². The van der Waals surface area contributed by atoms with E-state index >= 15 is 0 Å². The maximum atomic E-state index is 4.38. The SMILES string of the molecule is c1cncc(-c2nccn2CCc2cnc[nH]2)c1. The van der Waals surface area contributed by atoms with E-state index in [-0.39, 0.29) is 0 Å². The molecule has 0 aliphatic heterocycles. The fraction of sp³-hybridized carbons (Fsp3) is 0.154. The summed E-state index contributed by atoms with van der Waals surface area (Å²) in [4.78, 5) is 15.6. The zero-order valence-corrected chi connectivity index (χ0v) is 9.82. The highest BCUT2D eigenvalue weighted by Crippen LogP contribution is 2.15. The summed E-state index contributed by atoms with van der Waals surface area (Å²) < 4.78 is 2.12. The van der Waals surface area contributed by atoms with Gasteiger partial charge in [0, 0.05) is 55.2 Å². The first-order valence-corrected chi connectivity index (χ1v) is 5.82. The molecule has 1 N–H and O–H groups in total. The van der Waals surface area contributed by atoms with Gasteiger partial charge in [0.1, 0.15) is 5.82 Å². The van der Waals surface area contributed by atoms with Crippen LogP contribution in [0.1, 0.15) is 5.69 Å². The quantitative estimate of drug-likeness (QED) is 0.756. The van der Waals surface area contributed by atoms with Crippen molar-refractivity contribution < 1.29 is 0 Å². The summed E-state index contributed by atoms with van der Waals surface area (Å²) in [5, 5.41) is 0. The normalized spacial score (nSPS) is 10.7. The molecule has 3 rings (SSSR count). The molecule has 5 nitrogen and oxygen atoms in total. The minimum atomic E-state index is 0.867. The van der Waals surface area contributed by atoms with Crippen LogP contribution in [-0.2, 0) is 13.0 Å². The van der Waals surface area contributed by atoms with E-state index in [4.69, 9.17) is 0 Å². The Morgan fingerprint density at radius 2 is 2.17 bits per heavy atom.